The summed E-state index contributed by atoms with van der Waals surface area (Å²) in [7, 11) is 0. The SMILES string of the molecule is O=[N+]([O-])c1ccc(F)c(Br)c1NCCCOCCO. The second-order valence-electron chi connectivity index (χ2n) is 3.63. The Labute approximate surface area is 117 Å². The van der Waals surface area contributed by atoms with E-state index in [0.29, 0.717) is 19.6 Å². The van der Waals surface area contributed by atoms with Gasteiger partial charge in [0.2, 0.25) is 0 Å². The number of aliphatic hydroxyl groups excluding tert-OH is 1. The first-order valence-corrected chi connectivity index (χ1v) is 6.42. The van der Waals surface area contributed by atoms with Crippen LogP contribution in [0.25, 0.3) is 0 Å². The van der Waals surface area contributed by atoms with Gasteiger partial charge in [0.1, 0.15) is 11.5 Å². The summed E-state index contributed by atoms with van der Waals surface area (Å²) < 4.78 is 18.4. The molecular formula is C11H14BrFN2O4. The number of benzene rings is 1. The summed E-state index contributed by atoms with van der Waals surface area (Å²) in [6, 6.07) is 2.16. The number of nitrogens with one attached hydrogen (secondary N) is 1. The highest BCUT2D eigenvalue weighted by Gasteiger charge is 2.19. The van der Waals surface area contributed by atoms with E-state index in [-0.39, 0.29) is 29.1 Å². The maximum atomic E-state index is 13.3. The second-order valence-corrected chi connectivity index (χ2v) is 4.42. The van der Waals surface area contributed by atoms with E-state index in [2.05, 4.69) is 21.2 Å². The molecule has 0 saturated carbocycles. The molecule has 0 fully saturated rings. The van der Waals surface area contributed by atoms with Gasteiger partial charge in [0.15, 0.2) is 0 Å². The summed E-state index contributed by atoms with van der Waals surface area (Å²) in [6.07, 6.45) is 0.583. The number of nitro groups is 1. The summed E-state index contributed by atoms with van der Waals surface area (Å²) in [5.41, 5.74) is -0.0725. The molecular weight excluding hydrogens is 323 g/mol. The third-order valence-electron chi connectivity index (χ3n) is 2.27. The van der Waals surface area contributed by atoms with Crippen LogP contribution in [0.3, 0.4) is 0 Å². The van der Waals surface area contributed by atoms with Gasteiger partial charge in [-0.25, -0.2) is 4.39 Å². The molecule has 0 aliphatic rings. The van der Waals surface area contributed by atoms with Gasteiger partial charge < -0.3 is 15.2 Å². The topological polar surface area (TPSA) is 84.6 Å². The highest BCUT2D eigenvalue weighted by atomic mass is 79.9. The van der Waals surface area contributed by atoms with Crippen LogP contribution in [-0.4, -0.2) is 36.4 Å². The maximum Gasteiger partial charge on any atom is 0.293 e. The van der Waals surface area contributed by atoms with Gasteiger partial charge in [-0.3, -0.25) is 10.1 Å². The molecule has 2 N–H and O–H groups in total. The minimum Gasteiger partial charge on any atom is -0.394 e. The fraction of sp³-hybridized carbons (Fsp3) is 0.455. The molecule has 106 valence electrons. The molecule has 0 aliphatic carbocycles. The van der Waals surface area contributed by atoms with Crippen LogP contribution in [0.4, 0.5) is 15.8 Å². The molecule has 1 rings (SSSR count). The maximum absolute atomic E-state index is 13.3. The smallest absolute Gasteiger partial charge is 0.293 e. The van der Waals surface area contributed by atoms with E-state index < -0.39 is 10.7 Å². The second kappa shape index (κ2) is 8.03. The third-order valence-corrected chi connectivity index (χ3v) is 3.05. The Hall–Kier alpha value is -1.25. The van der Waals surface area contributed by atoms with E-state index in [0.717, 1.165) is 12.1 Å². The van der Waals surface area contributed by atoms with Crippen molar-refractivity contribution >= 4 is 27.3 Å². The Morgan fingerprint density at radius 3 is 2.84 bits per heavy atom. The first-order chi connectivity index (χ1) is 9.07. The van der Waals surface area contributed by atoms with Crippen LogP contribution < -0.4 is 5.32 Å². The zero-order valence-electron chi connectivity index (χ0n) is 10.1. The summed E-state index contributed by atoms with van der Waals surface area (Å²) >= 11 is 2.99. The van der Waals surface area contributed by atoms with Crippen LogP contribution in [0.5, 0.6) is 0 Å². The van der Waals surface area contributed by atoms with Gasteiger partial charge in [-0.1, -0.05) is 0 Å². The van der Waals surface area contributed by atoms with Gasteiger partial charge >= 0.3 is 0 Å². The van der Waals surface area contributed by atoms with Crippen LogP contribution >= 0.6 is 15.9 Å². The molecule has 19 heavy (non-hydrogen) atoms. The van der Waals surface area contributed by atoms with Crippen molar-refractivity contribution < 1.29 is 19.2 Å². The van der Waals surface area contributed by atoms with Crippen molar-refractivity contribution in [2.75, 3.05) is 31.7 Å². The largest absolute Gasteiger partial charge is 0.394 e. The average molecular weight is 337 g/mol. The number of hydrogen-bond donors (Lipinski definition) is 2. The van der Waals surface area contributed by atoms with Crippen molar-refractivity contribution in [2.24, 2.45) is 0 Å². The van der Waals surface area contributed by atoms with Crippen LogP contribution in [-0.2, 0) is 4.74 Å². The van der Waals surface area contributed by atoms with Gasteiger partial charge in [0, 0.05) is 19.2 Å². The van der Waals surface area contributed by atoms with E-state index in [1.165, 1.54) is 0 Å². The molecule has 1 aromatic rings. The van der Waals surface area contributed by atoms with Crippen molar-refractivity contribution in [1.82, 2.24) is 0 Å². The number of rotatable bonds is 8. The molecule has 6 nitrogen and oxygen atoms in total. The standard InChI is InChI=1S/C11H14BrFN2O4/c12-10-8(13)2-3-9(15(17)18)11(10)14-4-1-6-19-7-5-16/h2-3,14,16H,1,4-7H2. The van der Waals surface area contributed by atoms with Gasteiger partial charge in [0.05, 0.1) is 22.6 Å². The lowest BCUT2D eigenvalue weighted by Crippen LogP contribution is -2.09. The lowest BCUT2D eigenvalue weighted by Gasteiger charge is -2.09. The van der Waals surface area contributed by atoms with Crippen molar-refractivity contribution in [3.63, 3.8) is 0 Å². The molecule has 0 unspecified atom stereocenters. The van der Waals surface area contributed by atoms with Crippen molar-refractivity contribution in [1.29, 1.82) is 0 Å². The first-order valence-electron chi connectivity index (χ1n) is 5.62. The Balaban J connectivity index is 2.61. The number of aliphatic hydroxyl groups is 1. The normalized spacial score (nSPS) is 10.5. The molecule has 0 heterocycles. The number of nitrogens with zero attached hydrogens (tertiary/aromatic N) is 1. The lowest BCUT2D eigenvalue weighted by molar-refractivity contribution is -0.384. The molecule has 0 saturated heterocycles. The molecule has 0 radical (unpaired) electrons. The Bertz CT molecular complexity index is 445. The minimum absolute atomic E-state index is 0.0398. The summed E-state index contributed by atoms with van der Waals surface area (Å²) in [6.45, 7) is 1.01. The zero-order chi connectivity index (χ0) is 14.3. The summed E-state index contributed by atoms with van der Waals surface area (Å²) in [5.74, 6) is -0.565. The number of halogens is 2. The highest BCUT2D eigenvalue weighted by molar-refractivity contribution is 9.10. The van der Waals surface area contributed by atoms with Crippen LogP contribution in [0.15, 0.2) is 16.6 Å². The molecule has 0 aliphatic heterocycles. The molecule has 0 aromatic heterocycles. The quantitative estimate of drug-likeness (QED) is 0.432. The number of ether oxygens (including phenoxy) is 1. The van der Waals surface area contributed by atoms with Crippen molar-refractivity contribution in [2.45, 2.75) is 6.42 Å². The van der Waals surface area contributed by atoms with Crippen LogP contribution in [0.1, 0.15) is 6.42 Å². The third kappa shape index (κ3) is 4.73. The number of anilines is 1. The number of hydrogen-bond acceptors (Lipinski definition) is 5. The van der Waals surface area contributed by atoms with Gasteiger partial charge in [0.25, 0.3) is 5.69 Å². The molecule has 0 atom stereocenters. The predicted octanol–water partition coefficient (Wildman–Crippen LogP) is 2.31. The molecule has 0 spiro atoms. The summed E-state index contributed by atoms with van der Waals surface area (Å²) in [4.78, 5) is 10.3. The van der Waals surface area contributed by atoms with Gasteiger partial charge in [-0.2, -0.15) is 0 Å². The van der Waals surface area contributed by atoms with Gasteiger partial charge in [-0.15, -0.1) is 0 Å². The minimum atomic E-state index is -0.575. The van der Waals surface area contributed by atoms with Crippen LogP contribution in [0, 0.1) is 15.9 Å². The fourth-order valence-electron chi connectivity index (χ4n) is 1.41. The predicted molar refractivity (Wildman–Crippen MR) is 71.8 cm³/mol. The molecule has 1 aromatic carbocycles. The Morgan fingerprint density at radius 2 is 2.21 bits per heavy atom. The van der Waals surface area contributed by atoms with E-state index in [1.807, 2.05) is 0 Å². The zero-order valence-corrected chi connectivity index (χ0v) is 11.7. The molecule has 8 heteroatoms. The van der Waals surface area contributed by atoms with Crippen molar-refractivity contribution in [3.8, 4) is 0 Å². The highest BCUT2D eigenvalue weighted by Crippen LogP contribution is 2.34. The fourth-order valence-corrected chi connectivity index (χ4v) is 1.89. The monoisotopic (exact) mass is 336 g/mol. The van der Waals surface area contributed by atoms with Crippen molar-refractivity contribution in [3.05, 3.63) is 32.5 Å². The van der Waals surface area contributed by atoms with E-state index in [1.54, 1.807) is 0 Å². The molecule has 0 amide bonds. The van der Waals surface area contributed by atoms with E-state index in [4.69, 9.17) is 9.84 Å². The van der Waals surface area contributed by atoms with Gasteiger partial charge in [-0.05, 0) is 28.4 Å². The Kier molecular flexibility index (Phi) is 6.68. The molecule has 0 bridgehead atoms. The average Bonchev–Trinajstić information content (AvgIpc) is 2.38. The lowest BCUT2D eigenvalue weighted by atomic mass is 10.2. The van der Waals surface area contributed by atoms with E-state index >= 15 is 0 Å². The first kappa shape index (κ1) is 15.8. The van der Waals surface area contributed by atoms with E-state index in [9.17, 15) is 14.5 Å². The Morgan fingerprint density at radius 1 is 1.47 bits per heavy atom. The van der Waals surface area contributed by atoms with Crippen LogP contribution in [0.2, 0.25) is 0 Å². The summed E-state index contributed by atoms with van der Waals surface area (Å²) in [5, 5.41) is 22.1. The number of nitro benzene ring substituents is 1.